The van der Waals surface area contributed by atoms with Gasteiger partial charge in [-0.15, -0.1) is 0 Å². The van der Waals surface area contributed by atoms with Crippen molar-refractivity contribution in [3.63, 3.8) is 0 Å². The first-order valence-electron chi connectivity index (χ1n) is 13.5. The van der Waals surface area contributed by atoms with E-state index in [1.54, 1.807) is 20.0 Å². The highest BCUT2D eigenvalue weighted by Crippen LogP contribution is 2.25. The standard InChI is InChI=1S/C29H44N8O3/c1-9-23-28(36(7)19(2)3)34-27(25(33-23)26(30)39)32-22-13-10-12-21(18-22)15-16-31-29(40)20(4)37(8)24(38)14-11-17-35(5)6/h10-14,18-20H,9,15-17H2,1-8H3,(H2,30,39)(H,31,40)(H,32,34)/b14-11+. The molecular weight excluding hydrogens is 508 g/mol. The van der Waals surface area contributed by atoms with Crippen molar-refractivity contribution in [2.75, 3.05) is 51.5 Å². The van der Waals surface area contributed by atoms with Crippen LogP contribution in [0.2, 0.25) is 0 Å². The number of hydrogen-bond donors (Lipinski definition) is 3. The lowest BCUT2D eigenvalue weighted by Crippen LogP contribution is -2.45. The number of benzene rings is 1. The number of likely N-dealkylation sites (N-methyl/N-ethyl adjacent to an activating group) is 2. The molecule has 2 rings (SSSR count). The molecule has 1 heterocycles. The van der Waals surface area contributed by atoms with Crippen LogP contribution in [0, 0.1) is 0 Å². The molecule has 218 valence electrons. The zero-order valence-corrected chi connectivity index (χ0v) is 25.0. The Balaban J connectivity index is 2.09. The molecule has 1 aromatic carbocycles. The Bertz CT molecular complexity index is 1210. The van der Waals surface area contributed by atoms with Gasteiger partial charge in [-0.3, -0.25) is 14.4 Å². The molecule has 1 atom stereocenters. The van der Waals surface area contributed by atoms with Gasteiger partial charge in [0.25, 0.3) is 5.91 Å². The van der Waals surface area contributed by atoms with Crippen molar-refractivity contribution in [2.24, 2.45) is 5.73 Å². The van der Waals surface area contributed by atoms with E-state index in [2.05, 4.69) is 29.5 Å². The molecule has 2 aromatic rings. The number of aryl methyl sites for hydroxylation is 1. The summed E-state index contributed by atoms with van der Waals surface area (Å²) in [6.07, 6.45) is 4.43. The van der Waals surface area contributed by atoms with Crippen molar-refractivity contribution in [1.82, 2.24) is 25.1 Å². The lowest BCUT2D eigenvalue weighted by Gasteiger charge is -2.25. The van der Waals surface area contributed by atoms with E-state index >= 15 is 0 Å². The molecule has 4 N–H and O–H groups in total. The minimum Gasteiger partial charge on any atom is -0.364 e. The van der Waals surface area contributed by atoms with Gasteiger partial charge in [0.1, 0.15) is 6.04 Å². The van der Waals surface area contributed by atoms with E-state index in [0.717, 1.165) is 5.56 Å². The van der Waals surface area contributed by atoms with Crippen LogP contribution in [-0.4, -0.2) is 90.9 Å². The maximum absolute atomic E-state index is 12.6. The summed E-state index contributed by atoms with van der Waals surface area (Å²) in [7, 11) is 7.38. The van der Waals surface area contributed by atoms with Crippen LogP contribution in [0.4, 0.5) is 17.3 Å². The largest absolute Gasteiger partial charge is 0.364 e. The summed E-state index contributed by atoms with van der Waals surface area (Å²) in [5, 5.41) is 6.11. The van der Waals surface area contributed by atoms with Gasteiger partial charge < -0.3 is 31.1 Å². The van der Waals surface area contributed by atoms with Crippen LogP contribution >= 0.6 is 0 Å². The second-order valence-electron chi connectivity index (χ2n) is 10.3. The second kappa shape index (κ2) is 15.0. The third-order valence-corrected chi connectivity index (χ3v) is 6.57. The molecule has 0 aliphatic carbocycles. The van der Waals surface area contributed by atoms with Crippen molar-refractivity contribution < 1.29 is 14.4 Å². The first-order valence-corrected chi connectivity index (χ1v) is 13.5. The Morgan fingerprint density at radius 2 is 1.77 bits per heavy atom. The number of nitrogens with one attached hydrogen (secondary N) is 2. The van der Waals surface area contributed by atoms with E-state index in [0.29, 0.717) is 48.9 Å². The first-order chi connectivity index (χ1) is 18.8. The summed E-state index contributed by atoms with van der Waals surface area (Å²) in [6.45, 7) is 8.81. The molecule has 1 unspecified atom stereocenters. The van der Waals surface area contributed by atoms with Crippen LogP contribution in [0.5, 0.6) is 0 Å². The van der Waals surface area contributed by atoms with E-state index in [-0.39, 0.29) is 23.6 Å². The average molecular weight is 553 g/mol. The monoisotopic (exact) mass is 552 g/mol. The number of carbonyl (C=O) groups excluding carboxylic acids is 3. The van der Waals surface area contributed by atoms with Crippen LogP contribution in [0.25, 0.3) is 0 Å². The number of rotatable bonds is 14. The van der Waals surface area contributed by atoms with Crippen LogP contribution in [0.1, 0.15) is 49.4 Å². The molecule has 0 saturated carbocycles. The minimum absolute atomic E-state index is 0.0830. The Morgan fingerprint density at radius 1 is 1.07 bits per heavy atom. The van der Waals surface area contributed by atoms with Gasteiger partial charge in [0.2, 0.25) is 11.8 Å². The molecule has 0 spiro atoms. The van der Waals surface area contributed by atoms with E-state index < -0.39 is 11.9 Å². The molecule has 40 heavy (non-hydrogen) atoms. The number of amides is 3. The fraction of sp³-hybridized carbons (Fsp3) is 0.483. The predicted octanol–water partition coefficient (Wildman–Crippen LogP) is 2.35. The number of aromatic nitrogens is 2. The van der Waals surface area contributed by atoms with Gasteiger partial charge >= 0.3 is 0 Å². The highest BCUT2D eigenvalue weighted by Gasteiger charge is 2.22. The normalized spacial score (nSPS) is 12.1. The molecule has 0 aliphatic heterocycles. The van der Waals surface area contributed by atoms with E-state index in [4.69, 9.17) is 10.7 Å². The van der Waals surface area contributed by atoms with Crippen molar-refractivity contribution in [3.05, 3.63) is 53.4 Å². The van der Waals surface area contributed by atoms with E-state index in [1.165, 1.54) is 11.0 Å². The quantitative estimate of drug-likeness (QED) is 0.304. The van der Waals surface area contributed by atoms with Crippen molar-refractivity contribution in [2.45, 2.75) is 52.6 Å². The molecule has 11 nitrogen and oxygen atoms in total. The van der Waals surface area contributed by atoms with Gasteiger partial charge in [-0.1, -0.05) is 25.1 Å². The molecule has 0 fully saturated rings. The summed E-state index contributed by atoms with van der Waals surface area (Å²) >= 11 is 0. The topological polar surface area (TPSA) is 137 Å². The molecule has 0 radical (unpaired) electrons. The smallest absolute Gasteiger partial charge is 0.271 e. The van der Waals surface area contributed by atoms with Crippen LogP contribution in [-0.2, 0) is 22.4 Å². The van der Waals surface area contributed by atoms with Crippen molar-refractivity contribution in [1.29, 1.82) is 0 Å². The van der Waals surface area contributed by atoms with Crippen LogP contribution in [0.15, 0.2) is 36.4 Å². The SMILES string of the molecule is CCc1nc(C(N)=O)c(Nc2cccc(CCNC(=O)C(C)N(C)C(=O)/C=C/CN(C)C)c2)nc1N(C)C(C)C. The molecule has 3 amide bonds. The highest BCUT2D eigenvalue weighted by molar-refractivity contribution is 5.96. The van der Waals surface area contributed by atoms with Crippen LogP contribution in [0.3, 0.4) is 0 Å². The summed E-state index contributed by atoms with van der Waals surface area (Å²) in [5.41, 5.74) is 8.10. The van der Waals surface area contributed by atoms with Gasteiger partial charge in [-0.05, 0) is 65.4 Å². The van der Waals surface area contributed by atoms with Gasteiger partial charge in [-0.25, -0.2) is 9.97 Å². The third-order valence-electron chi connectivity index (χ3n) is 6.57. The fourth-order valence-electron chi connectivity index (χ4n) is 3.75. The predicted molar refractivity (Wildman–Crippen MR) is 160 cm³/mol. The third kappa shape index (κ3) is 9.04. The number of hydrogen-bond acceptors (Lipinski definition) is 8. The van der Waals surface area contributed by atoms with Crippen LogP contribution < -0.4 is 21.3 Å². The highest BCUT2D eigenvalue weighted by atomic mass is 16.2. The summed E-state index contributed by atoms with van der Waals surface area (Å²) in [4.78, 5) is 51.8. The zero-order valence-electron chi connectivity index (χ0n) is 25.0. The number of nitrogens with two attached hydrogens (primary N) is 1. The minimum atomic E-state index is -0.659. The Morgan fingerprint density at radius 3 is 2.38 bits per heavy atom. The lowest BCUT2D eigenvalue weighted by atomic mass is 10.1. The Kier molecular flexibility index (Phi) is 12.1. The average Bonchev–Trinajstić information content (AvgIpc) is 2.91. The Hall–Kier alpha value is -3.99. The molecule has 0 aliphatic rings. The van der Waals surface area contributed by atoms with Crippen molar-refractivity contribution in [3.8, 4) is 0 Å². The van der Waals surface area contributed by atoms with Crippen molar-refractivity contribution >= 4 is 35.0 Å². The summed E-state index contributed by atoms with van der Waals surface area (Å²) in [6, 6.07) is 7.19. The first kappa shape index (κ1) is 32.2. The summed E-state index contributed by atoms with van der Waals surface area (Å²) in [5.74, 6) is -0.136. The molecule has 1 aromatic heterocycles. The zero-order chi connectivity index (χ0) is 30.0. The van der Waals surface area contributed by atoms with E-state index in [9.17, 15) is 14.4 Å². The number of primary amides is 1. The summed E-state index contributed by atoms with van der Waals surface area (Å²) < 4.78 is 0. The number of nitrogens with zero attached hydrogens (tertiary/aromatic N) is 5. The molecule has 0 saturated heterocycles. The molecule has 11 heteroatoms. The van der Waals surface area contributed by atoms with Gasteiger partial charge in [0, 0.05) is 45.0 Å². The van der Waals surface area contributed by atoms with Gasteiger partial charge in [-0.2, -0.15) is 0 Å². The van der Waals surface area contributed by atoms with E-state index in [1.807, 2.05) is 62.1 Å². The maximum atomic E-state index is 12.6. The Labute approximate surface area is 237 Å². The fourth-order valence-corrected chi connectivity index (χ4v) is 3.75. The molecular formula is C29H44N8O3. The van der Waals surface area contributed by atoms with Gasteiger partial charge in [0.15, 0.2) is 17.3 Å². The van der Waals surface area contributed by atoms with Gasteiger partial charge in [0.05, 0.1) is 5.69 Å². The number of anilines is 3. The maximum Gasteiger partial charge on any atom is 0.271 e. The number of carbonyl (C=O) groups is 3. The lowest BCUT2D eigenvalue weighted by molar-refractivity contribution is -0.135. The molecule has 0 bridgehead atoms. The second-order valence-corrected chi connectivity index (χ2v) is 10.3.